The maximum Gasteiger partial charge on any atom is 0.313 e. The van der Waals surface area contributed by atoms with Crippen molar-refractivity contribution in [3.05, 3.63) is 47.2 Å². The Balaban J connectivity index is 1.55. The first-order valence-electron chi connectivity index (χ1n) is 10.6. The first kappa shape index (κ1) is 20.2. The van der Waals surface area contributed by atoms with Gasteiger partial charge in [0.15, 0.2) is 0 Å². The minimum Gasteiger partial charge on any atom is -0.385 e. The molecule has 4 rings (SSSR count). The van der Waals surface area contributed by atoms with Crippen molar-refractivity contribution in [1.82, 2.24) is 9.88 Å². The third-order valence-electron chi connectivity index (χ3n) is 6.10. The first-order valence-corrected chi connectivity index (χ1v) is 10.6. The zero-order valence-electron chi connectivity index (χ0n) is 17.6. The maximum atomic E-state index is 13.1. The minimum absolute atomic E-state index is 0.0852. The van der Waals surface area contributed by atoms with Crippen molar-refractivity contribution < 1.29 is 9.59 Å². The molecule has 2 aromatic rings. The van der Waals surface area contributed by atoms with Crippen LogP contribution in [0.2, 0.25) is 0 Å². The summed E-state index contributed by atoms with van der Waals surface area (Å²) in [5.74, 6) is -0.375. The highest BCUT2D eigenvalue weighted by Gasteiger charge is 2.34. The number of amides is 2. The van der Waals surface area contributed by atoms with E-state index < -0.39 is 11.8 Å². The number of nitrogens with one attached hydrogen (secondary N) is 2. The Morgan fingerprint density at radius 2 is 2.10 bits per heavy atom. The molecule has 3 heterocycles. The Bertz CT molecular complexity index is 974. The first-order chi connectivity index (χ1) is 14.4. The van der Waals surface area contributed by atoms with Crippen LogP contribution in [-0.2, 0) is 16.0 Å². The number of nitrogen functional groups attached to an aromatic ring is 1. The van der Waals surface area contributed by atoms with E-state index >= 15 is 0 Å². The predicted molar refractivity (Wildman–Crippen MR) is 118 cm³/mol. The number of hydrogen-bond donors (Lipinski definition) is 3. The van der Waals surface area contributed by atoms with Crippen molar-refractivity contribution in [3.8, 4) is 0 Å². The van der Waals surface area contributed by atoms with Gasteiger partial charge in [0.05, 0.1) is 17.9 Å². The van der Waals surface area contributed by atoms with Crippen molar-refractivity contribution >= 4 is 29.0 Å². The average Bonchev–Trinajstić information content (AvgIpc) is 2.75. The molecule has 1 aromatic heterocycles. The number of aromatic nitrogens is 1. The number of fused-ring (bicyclic) bond motifs is 1. The zero-order valence-corrected chi connectivity index (χ0v) is 17.6. The van der Waals surface area contributed by atoms with E-state index in [9.17, 15) is 9.59 Å². The van der Waals surface area contributed by atoms with Gasteiger partial charge in [-0.3, -0.25) is 9.59 Å². The number of nitrogens with zero attached hydrogens (tertiary/aromatic N) is 2. The molecule has 0 spiro atoms. The molecule has 0 radical (unpaired) electrons. The van der Waals surface area contributed by atoms with Crippen LogP contribution in [-0.4, -0.2) is 34.8 Å². The fourth-order valence-corrected chi connectivity index (χ4v) is 4.39. The molecular weight excluding hydrogens is 378 g/mol. The van der Waals surface area contributed by atoms with Gasteiger partial charge in [-0.1, -0.05) is 19.1 Å². The molecule has 0 saturated carbocycles. The molecule has 1 aromatic carbocycles. The van der Waals surface area contributed by atoms with Gasteiger partial charge in [0, 0.05) is 18.8 Å². The smallest absolute Gasteiger partial charge is 0.313 e. The van der Waals surface area contributed by atoms with Gasteiger partial charge in [-0.05, 0) is 67.3 Å². The standard InChI is InChI=1S/C23H29N5O2/c1-14-5-8-20(17-6-7-19-16(11-17)4-3-9-25-19)28(13-14)23(30)22(29)27-18-10-15(2)21(24)26-12-18/h6-7,10-12,14,20,25H,3-5,8-9,13H2,1-2H3,(H2,24,26)(H,27,29)/t14-,20+/m1/s1. The summed E-state index contributed by atoms with van der Waals surface area (Å²) >= 11 is 0. The van der Waals surface area contributed by atoms with Crippen LogP contribution in [0.1, 0.15) is 48.9 Å². The summed E-state index contributed by atoms with van der Waals surface area (Å²) in [6.45, 7) is 5.51. The van der Waals surface area contributed by atoms with Gasteiger partial charge >= 0.3 is 11.8 Å². The Morgan fingerprint density at radius 1 is 1.27 bits per heavy atom. The average molecular weight is 408 g/mol. The molecule has 158 valence electrons. The summed E-state index contributed by atoms with van der Waals surface area (Å²) in [4.78, 5) is 31.7. The number of likely N-dealkylation sites (tertiary alicyclic amines) is 1. The molecule has 4 N–H and O–H groups in total. The third-order valence-corrected chi connectivity index (χ3v) is 6.10. The monoisotopic (exact) mass is 407 g/mol. The summed E-state index contributed by atoms with van der Waals surface area (Å²) in [7, 11) is 0. The number of nitrogens with two attached hydrogens (primary N) is 1. The molecule has 2 aliphatic heterocycles. The molecule has 1 saturated heterocycles. The fraction of sp³-hybridized carbons (Fsp3) is 0.435. The van der Waals surface area contributed by atoms with Crippen LogP contribution in [0, 0.1) is 12.8 Å². The normalized spacial score (nSPS) is 20.8. The molecule has 0 bridgehead atoms. The number of benzene rings is 1. The Labute approximate surface area is 177 Å². The second kappa shape index (κ2) is 8.34. The van der Waals surface area contributed by atoms with E-state index in [2.05, 4.69) is 40.7 Å². The number of aryl methyl sites for hydroxylation is 2. The summed E-state index contributed by atoms with van der Waals surface area (Å²) in [5, 5.41) is 6.11. The van der Waals surface area contributed by atoms with Gasteiger partial charge in [0.1, 0.15) is 5.82 Å². The van der Waals surface area contributed by atoms with Crippen molar-refractivity contribution in [2.75, 3.05) is 29.5 Å². The molecule has 30 heavy (non-hydrogen) atoms. The number of anilines is 3. The molecule has 2 amide bonds. The topological polar surface area (TPSA) is 100 Å². The van der Waals surface area contributed by atoms with Gasteiger partial charge in [-0.25, -0.2) is 4.98 Å². The minimum atomic E-state index is -0.639. The molecule has 0 unspecified atom stereocenters. The quantitative estimate of drug-likeness (QED) is 0.664. The van der Waals surface area contributed by atoms with Crippen molar-refractivity contribution in [2.45, 2.75) is 45.6 Å². The van der Waals surface area contributed by atoms with Gasteiger partial charge in [-0.15, -0.1) is 0 Å². The van der Waals surface area contributed by atoms with Crippen molar-refractivity contribution in [2.24, 2.45) is 5.92 Å². The van der Waals surface area contributed by atoms with E-state index in [0.29, 0.717) is 24.0 Å². The number of carbonyl (C=O) groups excluding carboxylic acids is 2. The van der Waals surface area contributed by atoms with Crippen LogP contribution in [0.25, 0.3) is 0 Å². The largest absolute Gasteiger partial charge is 0.385 e. The van der Waals surface area contributed by atoms with Crippen LogP contribution in [0.3, 0.4) is 0 Å². The lowest BCUT2D eigenvalue weighted by Gasteiger charge is -2.39. The lowest BCUT2D eigenvalue weighted by molar-refractivity contribution is -0.146. The molecule has 7 heteroatoms. The van der Waals surface area contributed by atoms with Gasteiger partial charge in [-0.2, -0.15) is 0 Å². The van der Waals surface area contributed by atoms with Gasteiger partial charge in [0.25, 0.3) is 0 Å². The molecule has 2 atom stereocenters. The SMILES string of the molecule is Cc1cc(NC(=O)C(=O)N2C[C@H](C)CC[C@H]2c2ccc3c(c2)CCCN3)cnc1N. The zero-order chi connectivity index (χ0) is 21.3. The van der Waals surface area contributed by atoms with E-state index in [4.69, 9.17) is 5.73 Å². The highest BCUT2D eigenvalue weighted by atomic mass is 16.2. The lowest BCUT2D eigenvalue weighted by atomic mass is 9.88. The molecule has 7 nitrogen and oxygen atoms in total. The van der Waals surface area contributed by atoms with E-state index in [-0.39, 0.29) is 6.04 Å². The van der Waals surface area contributed by atoms with E-state index in [1.807, 2.05) is 6.92 Å². The van der Waals surface area contributed by atoms with E-state index in [0.717, 1.165) is 43.4 Å². The van der Waals surface area contributed by atoms with Gasteiger partial charge in [0.2, 0.25) is 0 Å². The van der Waals surface area contributed by atoms with E-state index in [1.165, 1.54) is 17.4 Å². The predicted octanol–water partition coefficient (Wildman–Crippen LogP) is 3.27. The number of piperidine rings is 1. The fourth-order valence-electron chi connectivity index (χ4n) is 4.39. The number of rotatable bonds is 2. The van der Waals surface area contributed by atoms with Crippen LogP contribution >= 0.6 is 0 Å². The van der Waals surface area contributed by atoms with Gasteiger partial charge < -0.3 is 21.3 Å². The summed E-state index contributed by atoms with van der Waals surface area (Å²) in [6, 6.07) is 8.03. The van der Waals surface area contributed by atoms with Crippen LogP contribution in [0.4, 0.5) is 17.2 Å². The third kappa shape index (κ3) is 4.10. The van der Waals surface area contributed by atoms with Crippen LogP contribution < -0.4 is 16.4 Å². The number of carbonyl (C=O) groups is 2. The summed E-state index contributed by atoms with van der Waals surface area (Å²) < 4.78 is 0. The number of hydrogen-bond acceptors (Lipinski definition) is 5. The second-order valence-electron chi connectivity index (χ2n) is 8.48. The highest BCUT2D eigenvalue weighted by molar-refractivity contribution is 6.39. The van der Waals surface area contributed by atoms with Crippen molar-refractivity contribution in [3.63, 3.8) is 0 Å². The Kier molecular flexibility index (Phi) is 5.61. The lowest BCUT2D eigenvalue weighted by Crippen LogP contribution is -2.46. The Morgan fingerprint density at radius 3 is 2.90 bits per heavy atom. The van der Waals surface area contributed by atoms with Crippen LogP contribution in [0.5, 0.6) is 0 Å². The molecular formula is C23H29N5O2. The Hall–Kier alpha value is -3.09. The van der Waals surface area contributed by atoms with Crippen LogP contribution in [0.15, 0.2) is 30.5 Å². The van der Waals surface area contributed by atoms with Crippen molar-refractivity contribution in [1.29, 1.82) is 0 Å². The highest BCUT2D eigenvalue weighted by Crippen LogP contribution is 2.36. The van der Waals surface area contributed by atoms with E-state index in [1.54, 1.807) is 11.0 Å². The molecule has 2 aliphatic rings. The number of pyridine rings is 1. The summed E-state index contributed by atoms with van der Waals surface area (Å²) in [6.07, 6.45) is 5.51. The summed E-state index contributed by atoms with van der Waals surface area (Å²) in [5.41, 5.74) is 10.5. The second-order valence-corrected chi connectivity index (χ2v) is 8.48. The molecule has 1 fully saturated rings. The maximum absolute atomic E-state index is 13.1. The molecule has 0 aliphatic carbocycles.